The Kier molecular flexibility index (Phi) is 4.87. The van der Waals surface area contributed by atoms with Crippen LogP contribution in [0.1, 0.15) is 0 Å². The Labute approximate surface area is 97.9 Å². The fourth-order valence-electron chi connectivity index (χ4n) is 0.742. The molecule has 0 aliphatic carbocycles. The first kappa shape index (κ1) is 11.8. The van der Waals surface area contributed by atoms with Gasteiger partial charge in [-0.2, -0.15) is 0 Å². The fourth-order valence-corrected chi connectivity index (χ4v) is 0.983. The van der Waals surface area contributed by atoms with Gasteiger partial charge in [0.05, 0.1) is 10.7 Å². The number of pyridine rings is 2. The van der Waals surface area contributed by atoms with E-state index in [0.717, 1.165) is 0 Å². The molecule has 2 aromatic heterocycles. The van der Waals surface area contributed by atoms with Crippen molar-refractivity contribution in [1.82, 2.24) is 9.97 Å². The predicted molar refractivity (Wildman–Crippen MR) is 62.9 cm³/mol. The van der Waals surface area contributed by atoms with E-state index in [2.05, 4.69) is 9.97 Å². The quantitative estimate of drug-likeness (QED) is 0.722. The van der Waals surface area contributed by atoms with E-state index in [4.69, 9.17) is 28.9 Å². The molecule has 78 valence electrons. The molecular weight excluding hydrogens is 233 g/mol. The molecule has 0 aliphatic rings. The number of halogens is 2. The molecule has 0 bridgehead atoms. The van der Waals surface area contributed by atoms with Crippen molar-refractivity contribution in [3.8, 4) is 0 Å². The normalized spacial score (nSPS) is 8.93. The number of rotatable bonds is 0. The minimum atomic E-state index is 0.356. The molecule has 0 saturated heterocycles. The zero-order valence-corrected chi connectivity index (χ0v) is 9.28. The van der Waals surface area contributed by atoms with Crippen LogP contribution in [-0.2, 0) is 0 Å². The monoisotopic (exact) mass is 241 g/mol. The lowest BCUT2D eigenvalue weighted by Gasteiger charge is -1.87. The smallest absolute Gasteiger partial charge is 0.147 e. The third-order valence-corrected chi connectivity index (χ3v) is 2.10. The van der Waals surface area contributed by atoms with Crippen LogP contribution in [0, 0.1) is 0 Å². The van der Waals surface area contributed by atoms with Gasteiger partial charge >= 0.3 is 0 Å². The lowest BCUT2D eigenvalue weighted by atomic mass is 10.4. The molecule has 0 aliphatic heterocycles. The zero-order valence-electron chi connectivity index (χ0n) is 7.77. The van der Waals surface area contributed by atoms with Crippen molar-refractivity contribution in [1.29, 1.82) is 0 Å². The summed E-state index contributed by atoms with van der Waals surface area (Å²) in [5.74, 6) is 0. The van der Waals surface area contributed by atoms with Gasteiger partial charge in [-0.15, -0.1) is 0 Å². The number of aromatic nitrogens is 2. The SMILES string of the molecule is Clc1cccnc1Cl.Nc1cccnc1. The molecule has 2 heterocycles. The molecule has 15 heavy (non-hydrogen) atoms. The van der Waals surface area contributed by atoms with Crippen LogP contribution in [0.15, 0.2) is 42.9 Å². The van der Waals surface area contributed by atoms with E-state index < -0.39 is 0 Å². The molecule has 0 atom stereocenters. The molecule has 0 aromatic carbocycles. The highest BCUT2D eigenvalue weighted by Gasteiger charge is 1.91. The summed E-state index contributed by atoms with van der Waals surface area (Å²) in [6.45, 7) is 0. The van der Waals surface area contributed by atoms with Gasteiger partial charge in [0.25, 0.3) is 0 Å². The highest BCUT2D eigenvalue weighted by atomic mass is 35.5. The first-order valence-corrected chi connectivity index (χ1v) is 4.87. The van der Waals surface area contributed by atoms with Crippen molar-refractivity contribution in [2.24, 2.45) is 0 Å². The Bertz CT molecular complexity index is 385. The second-order valence-corrected chi connectivity index (χ2v) is 3.33. The number of nitrogens with two attached hydrogens (primary N) is 1. The van der Waals surface area contributed by atoms with Crippen LogP contribution in [0.3, 0.4) is 0 Å². The second-order valence-electron chi connectivity index (χ2n) is 2.56. The minimum Gasteiger partial charge on any atom is -0.397 e. The van der Waals surface area contributed by atoms with Gasteiger partial charge in [-0.25, -0.2) is 4.98 Å². The molecule has 0 radical (unpaired) electrons. The van der Waals surface area contributed by atoms with Crippen molar-refractivity contribution in [2.45, 2.75) is 0 Å². The average Bonchev–Trinajstić information content (AvgIpc) is 2.25. The molecule has 0 fully saturated rings. The summed E-state index contributed by atoms with van der Waals surface area (Å²) in [4.78, 5) is 7.47. The fraction of sp³-hybridized carbons (Fsp3) is 0. The van der Waals surface area contributed by atoms with Crippen molar-refractivity contribution >= 4 is 28.9 Å². The van der Waals surface area contributed by atoms with E-state index in [0.29, 0.717) is 15.9 Å². The van der Waals surface area contributed by atoms with E-state index in [1.54, 1.807) is 42.9 Å². The van der Waals surface area contributed by atoms with Crippen molar-refractivity contribution in [3.63, 3.8) is 0 Å². The Balaban J connectivity index is 0.000000151. The standard InChI is InChI=1S/C5H3Cl2N.C5H6N2/c6-4-2-1-3-8-5(4)7;6-5-2-1-3-7-4-5/h1-3H;1-4H,6H2. The van der Waals surface area contributed by atoms with Gasteiger partial charge in [-0.3, -0.25) is 4.98 Å². The van der Waals surface area contributed by atoms with E-state index >= 15 is 0 Å². The summed E-state index contributed by atoms with van der Waals surface area (Å²) in [5.41, 5.74) is 6.01. The summed E-state index contributed by atoms with van der Waals surface area (Å²) in [7, 11) is 0. The minimum absolute atomic E-state index is 0.356. The van der Waals surface area contributed by atoms with E-state index in [9.17, 15) is 0 Å². The topological polar surface area (TPSA) is 51.8 Å². The number of hydrogen-bond donors (Lipinski definition) is 1. The van der Waals surface area contributed by atoms with Crippen molar-refractivity contribution in [3.05, 3.63) is 53.0 Å². The summed E-state index contributed by atoms with van der Waals surface area (Å²) in [6, 6.07) is 7.02. The van der Waals surface area contributed by atoms with Gasteiger partial charge in [0, 0.05) is 18.6 Å². The van der Waals surface area contributed by atoms with Gasteiger partial charge < -0.3 is 5.73 Å². The van der Waals surface area contributed by atoms with Gasteiger partial charge in [0.1, 0.15) is 5.15 Å². The molecule has 2 rings (SSSR count). The molecule has 0 amide bonds. The summed E-state index contributed by atoms with van der Waals surface area (Å²) < 4.78 is 0. The van der Waals surface area contributed by atoms with E-state index in [-0.39, 0.29) is 0 Å². The maximum Gasteiger partial charge on any atom is 0.147 e. The summed E-state index contributed by atoms with van der Waals surface area (Å²) in [5, 5.41) is 0.850. The van der Waals surface area contributed by atoms with Crippen LogP contribution < -0.4 is 5.73 Å². The summed E-state index contributed by atoms with van der Waals surface area (Å²) in [6.07, 6.45) is 4.89. The molecular formula is C10H9Cl2N3. The number of hydrogen-bond acceptors (Lipinski definition) is 3. The first-order chi connectivity index (χ1) is 7.20. The van der Waals surface area contributed by atoms with Gasteiger partial charge in [-0.05, 0) is 24.3 Å². The Hall–Kier alpha value is -1.32. The third-order valence-electron chi connectivity index (χ3n) is 1.40. The van der Waals surface area contributed by atoms with E-state index in [1.807, 2.05) is 0 Å². The van der Waals surface area contributed by atoms with Crippen LogP contribution in [-0.4, -0.2) is 9.97 Å². The second kappa shape index (κ2) is 6.22. The predicted octanol–water partition coefficient (Wildman–Crippen LogP) is 3.05. The van der Waals surface area contributed by atoms with Crippen LogP contribution in [0.25, 0.3) is 0 Å². The van der Waals surface area contributed by atoms with Crippen LogP contribution in [0.4, 0.5) is 5.69 Å². The number of nitrogen functional groups attached to an aromatic ring is 1. The molecule has 2 N–H and O–H groups in total. The van der Waals surface area contributed by atoms with Gasteiger partial charge in [0.15, 0.2) is 0 Å². The van der Waals surface area contributed by atoms with Crippen molar-refractivity contribution < 1.29 is 0 Å². The molecule has 2 aromatic rings. The molecule has 0 spiro atoms. The number of nitrogens with zero attached hydrogens (tertiary/aromatic N) is 2. The molecule has 3 nitrogen and oxygen atoms in total. The van der Waals surface area contributed by atoms with Crippen molar-refractivity contribution in [2.75, 3.05) is 5.73 Å². The number of anilines is 1. The Morgan fingerprint density at radius 1 is 1.07 bits per heavy atom. The maximum atomic E-state index is 5.51. The van der Waals surface area contributed by atoms with Crippen LogP contribution in [0.2, 0.25) is 10.2 Å². The van der Waals surface area contributed by atoms with Crippen LogP contribution in [0.5, 0.6) is 0 Å². The molecule has 0 saturated carbocycles. The zero-order chi connectivity index (χ0) is 11.1. The lowest BCUT2D eigenvalue weighted by Crippen LogP contribution is -1.82. The Morgan fingerprint density at radius 2 is 1.80 bits per heavy atom. The molecule has 0 unspecified atom stereocenters. The highest BCUT2D eigenvalue weighted by Crippen LogP contribution is 2.16. The average molecular weight is 242 g/mol. The summed E-state index contributed by atoms with van der Waals surface area (Å²) >= 11 is 11.0. The lowest BCUT2D eigenvalue weighted by molar-refractivity contribution is 1.33. The van der Waals surface area contributed by atoms with Gasteiger partial charge in [0.2, 0.25) is 0 Å². The largest absolute Gasteiger partial charge is 0.397 e. The Morgan fingerprint density at radius 3 is 2.13 bits per heavy atom. The maximum absolute atomic E-state index is 5.51. The van der Waals surface area contributed by atoms with Crippen LogP contribution >= 0.6 is 23.2 Å². The van der Waals surface area contributed by atoms with Gasteiger partial charge in [-0.1, -0.05) is 23.2 Å². The van der Waals surface area contributed by atoms with E-state index in [1.165, 1.54) is 0 Å². The molecule has 5 heteroatoms. The first-order valence-electron chi connectivity index (χ1n) is 4.11. The third kappa shape index (κ3) is 4.63. The highest BCUT2D eigenvalue weighted by molar-refractivity contribution is 6.41.